The molecule has 1 aromatic carbocycles. The van der Waals surface area contributed by atoms with Gasteiger partial charge >= 0.3 is 11.9 Å². The molecule has 0 saturated heterocycles. The minimum absolute atomic E-state index is 0.0464. The van der Waals surface area contributed by atoms with Crippen molar-refractivity contribution in [1.82, 2.24) is 10.3 Å². The lowest BCUT2D eigenvalue weighted by Gasteiger charge is -2.12. The van der Waals surface area contributed by atoms with Gasteiger partial charge in [-0.25, -0.2) is 19.6 Å². The third-order valence-electron chi connectivity index (χ3n) is 3.20. The van der Waals surface area contributed by atoms with Crippen molar-refractivity contribution in [2.75, 3.05) is 12.4 Å². The molecule has 2 aromatic rings. The molecule has 2 rings (SSSR count). The van der Waals surface area contributed by atoms with Crippen LogP contribution in [0.25, 0.3) is 0 Å². The Bertz CT molecular complexity index is 891. The Morgan fingerprint density at radius 1 is 1.33 bits per heavy atom. The van der Waals surface area contributed by atoms with Crippen molar-refractivity contribution in [2.45, 2.75) is 13.5 Å². The summed E-state index contributed by atoms with van der Waals surface area (Å²) in [6.07, 6.45) is 2.20. The van der Waals surface area contributed by atoms with E-state index in [0.717, 1.165) is 10.4 Å². The maximum Gasteiger partial charge on any atom is 0.352 e. The molecule has 1 aromatic heterocycles. The minimum Gasteiger partial charge on any atom is -0.496 e. The van der Waals surface area contributed by atoms with Crippen molar-refractivity contribution in [2.24, 2.45) is 4.99 Å². The highest BCUT2D eigenvalue weighted by molar-refractivity contribution is 7.15. The number of aliphatic carboxylic acids is 2. The first-order valence-corrected chi connectivity index (χ1v) is 8.51. The van der Waals surface area contributed by atoms with Gasteiger partial charge in [0.05, 0.1) is 19.7 Å². The molecule has 0 fully saturated rings. The number of aliphatic imine (C=N–C) groups is 1. The molecule has 27 heavy (non-hydrogen) atoms. The molecule has 0 aliphatic carbocycles. The van der Waals surface area contributed by atoms with E-state index in [1.54, 1.807) is 12.3 Å². The second-order valence-electron chi connectivity index (χ2n) is 5.20. The summed E-state index contributed by atoms with van der Waals surface area (Å²) in [7, 11) is 1.54. The Morgan fingerprint density at radius 3 is 2.67 bits per heavy atom. The number of methoxy groups -OCH3 is 1. The number of hydrogen-bond acceptors (Lipinski definition) is 6. The average molecular weight is 390 g/mol. The maximum absolute atomic E-state index is 11.3. The molecule has 0 amide bonds. The van der Waals surface area contributed by atoms with E-state index in [-0.39, 0.29) is 12.5 Å². The average Bonchev–Trinajstić information content (AvgIpc) is 3.03. The number of aromatic nitrogens is 1. The highest BCUT2D eigenvalue weighted by Gasteiger charge is 2.14. The summed E-state index contributed by atoms with van der Waals surface area (Å²) in [5.41, 5.74) is 0.234. The van der Waals surface area contributed by atoms with Crippen LogP contribution in [-0.2, 0) is 16.1 Å². The number of rotatable bonds is 7. The minimum atomic E-state index is -1.43. The molecule has 9 nitrogen and oxygen atoms in total. The SMILES string of the molecule is COc1ccccc1CN=C(N/C(=C\C(=O)O)C(=O)O)Nc1ncc(C)s1. The fourth-order valence-corrected chi connectivity index (χ4v) is 2.69. The van der Waals surface area contributed by atoms with Crippen LogP contribution >= 0.6 is 11.3 Å². The van der Waals surface area contributed by atoms with Crippen LogP contribution in [0.4, 0.5) is 5.13 Å². The summed E-state index contributed by atoms with van der Waals surface area (Å²) >= 11 is 1.34. The topological polar surface area (TPSA) is 133 Å². The van der Waals surface area contributed by atoms with Gasteiger partial charge in [0.25, 0.3) is 0 Å². The van der Waals surface area contributed by atoms with Crippen LogP contribution in [0.3, 0.4) is 0 Å². The zero-order valence-electron chi connectivity index (χ0n) is 14.6. The molecule has 1 heterocycles. The number of carboxylic acid groups (broad SMARTS) is 2. The number of aryl methyl sites for hydroxylation is 1. The van der Waals surface area contributed by atoms with E-state index in [0.29, 0.717) is 17.0 Å². The summed E-state index contributed by atoms with van der Waals surface area (Å²) in [5.74, 6) is -2.15. The third kappa shape index (κ3) is 6.12. The summed E-state index contributed by atoms with van der Waals surface area (Å²) in [4.78, 5) is 31.5. The molecule has 142 valence electrons. The molecule has 0 saturated carbocycles. The zero-order valence-corrected chi connectivity index (χ0v) is 15.4. The van der Waals surface area contributed by atoms with E-state index >= 15 is 0 Å². The third-order valence-corrected chi connectivity index (χ3v) is 4.03. The van der Waals surface area contributed by atoms with Crippen molar-refractivity contribution >= 4 is 34.4 Å². The second-order valence-corrected chi connectivity index (χ2v) is 6.44. The largest absolute Gasteiger partial charge is 0.496 e. The van der Waals surface area contributed by atoms with Crippen LogP contribution in [0.2, 0.25) is 0 Å². The molecule has 0 spiro atoms. The smallest absolute Gasteiger partial charge is 0.352 e. The van der Waals surface area contributed by atoms with E-state index in [1.807, 2.05) is 25.1 Å². The Kier molecular flexibility index (Phi) is 6.89. The van der Waals surface area contributed by atoms with Gasteiger partial charge < -0.3 is 25.6 Å². The number of nitrogens with zero attached hydrogens (tertiary/aromatic N) is 2. The van der Waals surface area contributed by atoms with Gasteiger partial charge in [0.15, 0.2) is 5.13 Å². The van der Waals surface area contributed by atoms with Gasteiger partial charge in [0.1, 0.15) is 11.4 Å². The molecule has 0 radical (unpaired) electrons. The molecule has 0 bridgehead atoms. The van der Waals surface area contributed by atoms with E-state index in [9.17, 15) is 14.7 Å². The van der Waals surface area contributed by atoms with Gasteiger partial charge in [-0.2, -0.15) is 0 Å². The van der Waals surface area contributed by atoms with Crippen molar-refractivity contribution in [3.63, 3.8) is 0 Å². The number of hydrogen-bond donors (Lipinski definition) is 4. The summed E-state index contributed by atoms with van der Waals surface area (Å²) < 4.78 is 5.27. The van der Waals surface area contributed by atoms with Crippen LogP contribution in [-0.4, -0.2) is 40.2 Å². The van der Waals surface area contributed by atoms with E-state index in [2.05, 4.69) is 20.6 Å². The molecule has 0 aliphatic rings. The standard InChI is InChI=1S/C17H18N4O5S/c1-10-8-19-17(27-10)21-16(20-12(15(24)25)7-14(22)23)18-9-11-5-3-4-6-13(11)26-2/h3-8H,9H2,1-2H3,(H,22,23)(H,24,25)(H2,18,19,20,21)/b12-7-. The molecule has 10 heteroatoms. The lowest BCUT2D eigenvalue weighted by molar-refractivity contribution is -0.135. The van der Waals surface area contributed by atoms with Crippen LogP contribution in [0.1, 0.15) is 10.4 Å². The van der Waals surface area contributed by atoms with Gasteiger partial charge in [0.2, 0.25) is 5.96 Å². The first-order valence-electron chi connectivity index (χ1n) is 7.69. The van der Waals surface area contributed by atoms with Crippen molar-refractivity contribution in [3.05, 3.63) is 52.7 Å². The molecular formula is C17H18N4O5S. The number of ether oxygens (including phenoxy) is 1. The first kappa shape index (κ1) is 19.9. The normalized spacial score (nSPS) is 11.8. The molecule has 4 N–H and O–H groups in total. The maximum atomic E-state index is 11.3. The number of thiazole rings is 1. The van der Waals surface area contributed by atoms with Crippen LogP contribution in [0.5, 0.6) is 5.75 Å². The van der Waals surface area contributed by atoms with Crippen LogP contribution in [0.15, 0.2) is 47.2 Å². The molecule has 0 atom stereocenters. The summed E-state index contributed by atoms with van der Waals surface area (Å²) in [6, 6.07) is 7.24. The van der Waals surface area contributed by atoms with Gasteiger partial charge in [-0.05, 0) is 13.0 Å². The number of benzene rings is 1. The van der Waals surface area contributed by atoms with Crippen LogP contribution < -0.4 is 15.4 Å². The van der Waals surface area contributed by atoms with Gasteiger partial charge in [-0.3, -0.25) is 0 Å². The number of carbonyl (C=O) groups is 2. The Labute approximate surface area is 159 Å². The van der Waals surface area contributed by atoms with Crippen molar-refractivity contribution in [3.8, 4) is 5.75 Å². The second kappa shape index (κ2) is 9.34. The molecule has 0 aliphatic heterocycles. The van der Waals surface area contributed by atoms with E-state index in [1.165, 1.54) is 18.4 Å². The van der Waals surface area contributed by atoms with Gasteiger partial charge in [0, 0.05) is 16.6 Å². The number of anilines is 1. The molecular weight excluding hydrogens is 372 g/mol. The summed E-state index contributed by atoms with van der Waals surface area (Å²) in [6.45, 7) is 2.04. The highest BCUT2D eigenvalue weighted by Crippen LogP contribution is 2.19. The number of para-hydroxylation sites is 1. The van der Waals surface area contributed by atoms with Crippen molar-refractivity contribution < 1.29 is 24.5 Å². The number of guanidine groups is 1. The van der Waals surface area contributed by atoms with Crippen LogP contribution in [0, 0.1) is 6.92 Å². The summed E-state index contributed by atoms with van der Waals surface area (Å²) in [5, 5.41) is 23.9. The van der Waals surface area contributed by atoms with Gasteiger partial charge in [-0.15, -0.1) is 11.3 Å². The number of carboxylic acids is 2. The first-order chi connectivity index (χ1) is 12.9. The highest BCUT2D eigenvalue weighted by atomic mass is 32.1. The fourth-order valence-electron chi connectivity index (χ4n) is 2.02. The number of nitrogens with one attached hydrogen (secondary N) is 2. The Balaban J connectivity index is 2.30. The lowest BCUT2D eigenvalue weighted by Crippen LogP contribution is -2.33. The Hall–Kier alpha value is -3.40. The predicted molar refractivity (Wildman–Crippen MR) is 101 cm³/mol. The monoisotopic (exact) mass is 390 g/mol. The van der Waals surface area contributed by atoms with E-state index < -0.39 is 17.6 Å². The van der Waals surface area contributed by atoms with Crippen molar-refractivity contribution in [1.29, 1.82) is 0 Å². The Morgan fingerprint density at radius 2 is 2.07 bits per heavy atom. The van der Waals surface area contributed by atoms with E-state index in [4.69, 9.17) is 9.84 Å². The fraction of sp³-hybridized carbons (Fsp3) is 0.176. The quantitative estimate of drug-likeness (QED) is 0.321. The molecule has 0 unspecified atom stereocenters. The zero-order chi connectivity index (χ0) is 19.8. The lowest BCUT2D eigenvalue weighted by atomic mass is 10.2. The predicted octanol–water partition coefficient (Wildman–Crippen LogP) is 2.07. The van der Waals surface area contributed by atoms with Gasteiger partial charge in [-0.1, -0.05) is 18.2 Å².